The van der Waals surface area contributed by atoms with Crippen molar-refractivity contribution in [3.8, 4) is 0 Å². The molecule has 2 aromatic rings. The number of benzene rings is 1. The van der Waals surface area contributed by atoms with Gasteiger partial charge in [0.2, 0.25) is 5.95 Å². The van der Waals surface area contributed by atoms with Crippen LogP contribution in [0.5, 0.6) is 0 Å². The fourth-order valence-corrected chi connectivity index (χ4v) is 2.25. The second-order valence-corrected chi connectivity index (χ2v) is 5.73. The Morgan fingerprint density at radius 1 is 1.00 bits per heavy atom. The average Bonchev–Trinajstić information content (AvgIpc) is 2.54. The smallest absolute Gasteiger partial charge is 0.251 e. The number of anilines is 2. The van der Waals surface area contributed by atoms with E-state index >= 15 is 0 Å². The van der Waals surface area contributed by atoms with Gasteiger partial charge in [-0.3, -0.25) is 4.79 Å². The van der Waals surface area contributed by atoms with Crippen molar-refractivity contribution in [2.24, 2.45) is 0 Å². The van der Waals surface area contributed by atoms with Gasteiger partial charge in [-0.1, -0.05) is 6.07 Å². The number of rotatable bonds is 7. The van der Waals surface area contributed by atoms with Gasteiger partial charge in [0.1, 0.15) is 5.82 Å². The van der Waals surface area contributed by atoms with E-state index in [9.17, 15) is 4.79 Å². The van der Waals surface area contributed by atoms with Crippen LogP contribution in [-0.4, -0.2) is 35.5 Å². The molecule has 1 aromatic heterocycles. The molecule has 24 heavy (non-hydrogen) atoms. The minimum absolute atomic E-state index is 0.0629. The lowest BCUT2D eigenvalue weighted by atomic mass is 10.1. The number of aryl methyl sites for hydroxylation is 3. The van der Waals surface area contributed by atoms with Gasteiger partial charge in [0.15, 0.2) is 0 Å². The summed E-state index contributed by atoms with van der Waals surface area (Å²) in [6.45, 7) is 9.86. The minimum atomic E-state index is -0.0629. The number of hydrogen-bond donors (Lipinski definition) is 3. The van der Waals surface area contributed by atoms with Crippen molar-refractivity contribution < 1.29 is 4.79 Å². The standard InChI is InChI=1S/C18H25N5O/c1-5-19-18-22-14(4)11-16(23-18)20-8-9-21-17(24)15-7-6-12(2)13(3)10-15/h6-7,10-11H,5,8-9H2,1-4H3,(H,21,24)(H2,19,20,22,23). The van der Waals surface area contributed by atoms with Gasteiger partial charge in [-0.2, -0.15) is 4.98 Å². The number of nitrogens with one attached hydrogen (secondary N) is 3. The van der Waals surface area contributed by atoms with Gasteiger partial charge in [0, 0.05) is 37.0 Å². The third-order valence-corrected chi connectivity index (χ3v) is 3.67. The molecule has 0 aliphatic carbocycles. The zero-order valence-corrected chi connectivity index (χ0v) is 14.7. The molecule has 0 saturated carbocycles. The van der Waals surface area contributed by atoms with Crippen LogP contribution in [0.25, 0.3) is 0 Å². The van der Waals surface area contributed by atoms with Crippen molar-refractivity contribution in [2.75, 3.05) is 30.3 Å². The van der Waals surface area contributed by atoms with E-state index in [-0.39, 0.29) is 5.91 Å². The summed E-state index contributed by atoms with van der Waals surface area (Å²) in [6, 6.07) is 7.61. The Kier molecular flexibility index (Phi) is 6.12. The molecule has 128 valence electrons. The molecule has 1 aromatic carbocycles. The molecule has 6 heteroatoms. The summed E-state index contributed by atoms with van der Waals surface area (Å²) in [4.78, 5) is 20.8. The lowest BCUT2D eigenvalue weighted by Gasteiger charge is -2.10. The lowest BCUT2D eigenvalue weighted by molar-refractivity contribution is 0.0955. The zero-order valence-electron chi connectivity index (χ0n) is 14.7. The van der Waals surface area contributed by atoms with Crippen LogP contribution in [0.3, 0.4) is 0 Å². The van der Waals surface area contributed by atoms with Gasteiger partial charge in [0.05, 0.1) is 0 Å². The normalized spacial score (nSPS) is 10.3. The number of carbonyl (C=O) groups is 1. The van der Waals surface area contributed by atoms with Crippen molar-refractivity contribution in [1.82, 2.24) is 15.3 Å². The number of aromatic nitrogens is 2. The molecule has 0 unspecified atom stereocenters. The molecule has 0 aliphatic heterocycles. The SMILES string of the molecule is CCNc1nc(C)cc(NCCNC(=O)c2ccc(C)c(C)c2)n1. The largest absolute Gasteiger partial charge is 0.368 e. The van der Waals surface area contributed by atoms with Gasteiger partial charge in [-0.05, 0) is 51.0 Å². The molecular weight excluding hydrogens is 302 g/mol. The fraction of sp³-hybridized carbons (Fsp3) is 0.389. The van der Waals surface area contributed by atoms with Gasteiger partial charge < -0.3 is 16.0 Å². The van der Waals surface area contributed by atoms with E-state index in [0.29, 0.717) is 24.6 Å². The minimum Gasteiger partial charge on any atom is -0.368 e. The molecule has 1 heterocycles. The quantitative estimate of drug-likeness (QED) is 0.681. The maximum absolute atomic E-state index is 12.1. The summed E-state index contributed by atoms with van der Waals surface area (Å²) in [5.41, 5.74) is 3.88. The Morgan fingerprint density at radius 2 is 1.79 bits per heavy atom. The molecule has 3 N–H and O–H groups in total. The molecule has 0 aliphatic rings. The zero-order chi connectivity index (χ0) is 17.5. The average molecular weight is 327 g/mol. The Bertz CT molecular complexity index is 715. The van der Waals surface area contributed by atoms with E-state index in [0.717, 1.165) is 23.6 Å². The van der Waals surface area contributed by atoms with Crippen LogP contribution in [0.2, 0.25) is 0 Å². The van der Waals surface area contributed by atoms with Crippen molar-refractivity contribution >= 4 is 17.7 Å². The highest BCUT2D eigenvalue weighted by molar-refractivity contribution is 5.94. The van der Waals surface area contributed by atoms with Crippen LogP contribution in [0, 0.1) is 20.8 Å². The summed E-state index contributed by atoms with van der Waals surface area (Å²) >= 11 is 0. The van der Waals surface area contributed by atoms with Crippen molar-refractivity contribution in [1.29, 1.82) is 0 Å². The highest BCUT2D eigenvalue weighted by atomic mass is 16.1. The van der Waals surface area contributed by atoms with Gasteiger partial charge in [-0.15, -0.1) is 0 Å². The summed E-state index contributed by atoms with van der Waals surface area (Å²) in [6.07, 6.45) is 0. The number of nitrogens with zero attached hydrogens (tertiary/aromatic N) is 2. The number of carbonyl (C=O) groups excluding carboxylic acids is 1. The Morgan fingerprint density at radius 3 is 2.50 bits per heavy atom. The maximum Gasteiger partial charge on any atom is 0.251 e. The molecule has 0 fully saturated rings. The fourth-order valence-electron chi connectivity index (χ4n) is 2.25. The second kappa shape index (κ2) is 8.29. The van der Waals surface area contributed by atoms with E-state index in [2.05, 4.69) is 25.9 Å². The summed E-state index contributed by atoms with van der Waals surface area (Å²) in [5.74, 6) is 1.30. The molecule has 0 radical (unpaired) electrons. The van der Waals surface area contributed by atoms with Crippen LogP contribution in [-0.2, 0) is 0 Å². The maximum atomic E-state index is 12.1. The highest BCUT2D eigenvalue weighted by Crippen LogP contribution is 2.10. The topological polar surface area (TPSA) is 78.9 Å². The third kappa shape index (κ3) is 4.94. The molecule has 0 spiro atoms. The Hall–Kier alpha value is -2.63. The summed E-state index contributed by atoms with van der Waals surface area (Å²) in [7, 11) is 0. The molecule has 1 amide bonds. The summed E-state index contributed by atoms with van der Waals surface area (Å²) in [5, 5.41) is 9.21. The first kappa shape index (κ1) is 17.7. The van der Waals surface area contributed by atoms with Gasteiger partial charge in [0.25, 0.3) is 5.91 Å². The van der Waals surface area contributed by atoms with Crippen molar-refractivity contribution in [3.05, 3.63) is 46.6 Å². The van der Waals surface area contributed by atoms with E-state index < -0.39 is 0 Å². The van der Waals surface area contributed by atoms with E-state index in [1.54, 1.807) is 0 Å². The first-order valence-electron chi connectivity index (χ1n) is 8.18. The Labute approximate surface area is 143 Å². The molecule has 0 atom stereocenters. The molecular formula is C18H25N5O. The van der Waals surface area contributed by atoms with Crippen LogP contribution in [0.1, 0.15) is 34.1 Å². The molecule has 0 bridgehead atoms. The molecule has 0 saturated heterocycles. The predicted molar refractivity (Wildman–Crippen MR) is 97.7 cm³/mol. The van der Waals surface area contributed by atoms with Crippen LogP contribution in [0.4, 0.5) is 11.8 Å². The highest BCUT2D eigenvalue weighted by Gasteiger charge is 2.06. The van der Waals surface area contributed by atoms with Crippen molar-refractivity contribution in [3.63, 3.8) is 0 Å². The second-order valence-electron chi connectivity index (χ2n) is 5.73. The first-order valence-corrected chi connectivity index (χ1v) is 8.18. The van der Waals surface area contributed by atoms with E-state index in [1.807, 2.05) is 52.0 Å². The monoisotopic (exact) mass is 327 g/mol. The first-order chi connectivity index (χ1) is 11.5. The van der Waals surface area contributed by atoms with Crippen molar-refractivity contribution in [2.45, 2.75) is 27.7 Å². The van der Waals surface area contributed by atoms with Crippen LogP contribution < -0.4 is 16.0 Å². The van der Waals surface area contributed by atoms with E-state index in [4.69, 9.17) is 0 Å². The molecule has 6 nitrogen and oxygen atoms in total. The predicted octanol–water partition coefficient (Wildman–Crippen LogP) is 2.68. The van der Waals surface area contributed by atoms with E-state index in [1.165, 1.54) is 5.56 Å². The summed E-state index contributed by atoms with van der Waals surface area (Å²) < 4.78 is 0. The lowest BCUT2D eigenvalue weighted by Crippen LogP contribution is -2.29. The number of amides is 1. The van der Waals surface area contributed by atoms with Gasteiger partial charge >= 0.3 is 0 Å². The Balaban J connectivity index is 1.84. The van der Waals surface area contributed by atoms with Crippen LogP contribution in [0.15, 0.2) is 24.3 Å². The number of hydrogen-bond acceptors (Lipinski definition) is 5. The molecule has 2 rings (SSSR count). The van der Waals surface area contributed by atoms with Crippen LogP contribution >= 0.6 is 0 Å². The third-order valence-electron chi connectivity index (χ3n) is 3.67. The van der Waals surface area contributed by atoms with Gasteiger partial charge in [-0.25, -0.2) is 4.98 Å².